The van der Waals surface area contributed by atoms with Crippen LogP contribution in [0.5, 0.6) is 0 Å². The molecule has 2 rings (SSSR count). The predicted molar refractivity (Wildman–Crippen MR) is 86.6 cm³/mol. The third-order valence-corrected chi connectivity index (χ3v) is 5.45. The predicted octanol–water partition coefficient (Wildman–Crippen LogP) is 3.21. The summed E-state index contributed by atoms with van der Waals surface area (Å²) in [7, 11) is -3.65. The molecule has 3 atom stereocenters. The number of rotatable bonds is 4. The minimum Gasteiger partial charge on any atom is -0.382 e. The van der Waals surface area contributed by atoms with Crippen molar-refractivity contribution in [3.05, 3.63) is 24.3 Å². The molecule has 0 saturated heterocycles. The van der Waals surface area contributed by atoms with Gasteiger partial charge in [-0.1, -0.05) is 33.3 Å². The van der Waals surface area contributed by atoms with E-state index in [1.54, 1.807) is 12.1 Å². The highest BCUT2D eigenvalue weighted by atomic mass is 32.2. The molecule has 118 valence electrons. The molecule has 4 nitrogen and oxygen atoms in total. The van der Waals surface area contributed by atoms with Crippen molar-refractivity contribution in [3.63, 3.8) is 0 Å². The second-order valence-electron chi connectivity index (χ2n) is 6.65. The molecule has 1 aliphatic carbocycles. The number of anilines is 1. The van der Waals surface area contributed by atoms with Crippen LogP contribution in [0.4, 0.5) is 5.69 Å². The largest absolute Gasteiger partial charge is 0.382 e. The maximum Gasteiger partial charge on any atom is 0.238 e. The van der Waals surface area contributed by atoms with Crippen LogP contribution < -0.4 is 10.5 Å². The van der Waals surface area contributed by atoms with E-state index in [2.05, 4.69) is 26.1 Å². The van der Waals surface area contributed by atoms with Gasteiger partial charge in [0, 0.05) is 11.7 Å². The van der Waals surface area contributed by atoms with Gasteiger partial charge >= 0.3 is 0 Å². The molecule has 0 bridgehead atoms. The molecule has 0 amide bonds. The Bertz CT molecular complexity index is 584. The van der Waals surface area contributed by atoms with E-state index < -0.39 is 10.0 Å². The van der Waals surface area contributed by atoms with Crippen LogP contribution in [0.1, 0.15) is 40.0 Å². The topological polar surface area (TPSA) is 72.2 Å². The third-order valence-electron chi connectivity index (χ3n) is 4.54. The first-order valence-corrected chi connectivity index (χ1v) is 9.21. The molecule has 0 spiro atoms. The normalized spacial score (nSPS) is 26.8. The van der Waals surface area contributed by atoms with Gasteiger partial charge in [0.25, 0.3) is 0 Å². The average Bonchev–Trinajstić information content (AvgIpc) is 2.37. The molecular weight excluding hydrogens is 284 g/mol. The van der Waals surface area contributed by atoms with Gasteiger partial charge in [-0.2, -0.15) is 0 Å². The minimum atomic E-state index is -3.65. The van der Waals surface area contributed by atoms with Crippen LogP contribution in [0.15, 0.2) is 29.2 Å². The van der Waals surface area contributed by atoms with Crippen molar-refractivity contribution in [2.75, 3.05) is 5.32 Å². The highest BCUT2D eigenvalue weighted by Gasteiger charge is 2.30. The molecule has 0 aromatic heterocycles. The monoisotopic (exact) mass is 310 g/mol. The smallest absolute Gasteiger partial charge is 0.238 e. The maximum absolute atomic E-state index is 11.5. The van der Waals surface area contributed by atoms with Gasteiger partial charge in [0.1, 0.15) is 0 Å². The Morgan fingerprint density at radius 2 is 2.00 bits per heavy atom. The molecular formula is C16H26N2O2S. The lowest BCUT2D eigenvalue weighted by molar-refractivity contribution is 0.212. The fourth-order valence-corrected chi connectivity index (χ4v) is 3.90. The number of nitrogens with one attached hydrogen (secondary N) is 1. The van der Waals surface area contributed by atoms with E-state index in [9.17, 15) is 8.42 Å². The Morgan fingerprint density at radius 3 is 2.62 bits per heavy atom. The molecule has 0 radical (unpaired) electrons. The van der Waals surface area contributed by atoms with Gasteiger partial charge in [-0.15, -0.1) is 0 Å². The van der Waals surface area contributed by atoms with E-state index in [0.29, 0.717) is 23.8 Å². The first-order valence-electron chi connectivity index (χ1n) is 7.66. The van der Waals surface area contributed by atoms with Crippen LogP contribution in [0.3, 0.4) is 0 Å². The zero-order valence-electron chi connectivity index (χ0n) is 13.0. The van der Waals surface area contributed by atoms with Crippen molar-refractivity contribution in [2.24, 2.45) is 22.9 Å². The van der Waals surface area contributed by atoms with E-state index in [-0.39, 0.29) is 4.90 Å². The van der Waals surface area contributed by atoms with Crippen molar-refractivity contribution >= 4 is 15.7 Å². The molecule has 1 aromatic carbocycles. The van der Waals surface area contributed by atoms with Crippen LogP contribution in [0.2, 0.25) is 0 Å². The van der Waals surface area contributed by atoms with E-state index >= 15 is 0 Å². The van der Waals surface area contributed by atoms with E-state index in [4.69, 9.17) is 5.14 Å². The summed E-state index contributed by atoms with van der Waals surface area (Å²) in [5.74, 6) is 1.95. The Balaban J connectivity index is 2.19. The molecule has 21 heavy (non-hydrogen) atoms. The summed E-state index contributed by atoms with van der Waals surface area (Å²) in [6.45, 7) is 6.80. The summed E-state index contributed by atoms with van der Waals surface area (Å²) in [5.41, 5.74) is 0.839. The van der Waals surface area contributed by atoms with Crippen LogP contribution in [0, 0.1) is 17.8 Å². The maximum atomic E-state index is 11.5. The van der Waals surface area contributed by atoms with Gasteiger partial charge in [-0.3, -0.25) is 0 Å². The zero-order valence-corrected chi connectivity index (χ0v) is 13.9. The van der Waals surface area contributed by atoms with Gasteiger partial charge in [0.2, 0.25) is 10.0 Å². The van der Waals surface area contributed by atoms with Crippen LogP contribution in [-0.2, 0) is 10.0 Å². The molecule has 1 fully saturated rings. The molecule has 3 unspecified atom stereocenters. The lowest BCUT2D eigenvalue weighted by Gasteiger charge is -2.38. The fourth-order valence-electron chi connectivity index (χ4n) is 3.35. The van der Waals surface area contributed by atoms with Crippen LogP contribution in [0.25, 0.3) is 0 Å². The number of nitrogens with two attached hydrogens (primary N) is 1. The highest BCUT2D eigenvalue weighted by molar-refractivity contribution is 7.89. The standard InChI is InChI=1S/C16H26N2O2S/c1-11(2)15-8-7-12(3)9-16(15)18-13-5-4-6-14(10-13)21(17,19)20/h4-6,10-12,15-16,18H,7-9H2,1-3H3,(H2,17,19,20). The second kappa shape index (κ2) is 6.36. The lowest BCUT2D eigenvalue weighted by atomic mass is 9.74. The first kappa shape index (κ1) is 16.3. The first-order chi connectivity index (χ1) is 9.77. The molecule has 3 N–H and O–H groups in total. The Labute approximate surface area is 128 Å². The molecule has 0 aliphatic heterocycles. The Morgan fingerprint density at radius 1 is 1.29 bits per heavy atom. The quantitative estimate of drug-likeness (QED) is 0.897. The van der Waals surface area contributed by atoms with Gasteiger partial charge in [0.05, 0.1) is 4.90 Å². The Hall–Kier alpha value is -1.07. The van der Waals surface area contributed by atoms with Crippen molar-refractivity contribution in [1.82, 2.24) is 0 Å². The van der Waals surface area contributed by atoms with Gasteiger partial charge in [0.15, 0.2) is 0 Å². The zero-order chi connectivity index (χ0) is 15.6. The lowest BCUT2D eigenvalue weighted by Crippen LogP contribution is -2.37. The number of hydrogen-bond donors (Lipinski definition) is 2. The van der Waals surface area contributed by atoms with E-state index in [0.717, 1.165) is 12.1 Å². The summed E-state index contributed by atoms with van der Waals surface area (Å²) in [6, 6.07) is 7.20. The minimum absolute atomic E-state index is 0.164. The van der Waals surface area contributed by atoms with E-state index in [1.165, 1.54) is 18.9 Å². The summed E-state index contributed by atoms with van der Waals surface area (Å²) in [6.07, 6.45) is 3.63. The summed E-state index contributed by atoms with van der Waals surface area (Å²) < 4.78 is 22.9. The molecule has 5 heteroatoms. The second-order valence-corrected chi connectivity index (χ2v) is 8.21. The van der Waals surface area contributed by atoms with Crippen molar-refractivity contribution < 1.29 is 8.42 Å². The number of sulfonamides is 1. The number of hydrogen-bond acceptors (Lipinski definition) is 3. The summed E-state index contributed by atoms with van der Waals surface area (Å²) >= 11 is 0. The fraction of sp³-hybridized carbons (Fsp3) is 0.625. The highest BCUT2D eigenvalue weighted by Crippen LogP contribution is 2.35. The van der Waals surface area contributed by atoms with Crippen molar-refractivity contribution in [2.45, 2.75) is 51.0 Å². The average molecular weight is 310 g/mol. The third kappa shape index (κ3) is 4.20. The SMILES string of the molecule is CC1CCC(C(C)C)C(Nc2cccc(S(N)(=O)=O)c2)C1. The van der Waals surface area contributed by atoms with Crippen molar-refractivity contribution in [1.29, 1.82) is 0 Å². The molecule has 1 aromatic rings. The van der Waals surface area contributed by atoms with Crippen LogP contribution in [-0.4, -0.2) is 14.5 Å². The van der Waals surface area contributed by atoms with Gasteiger partial charge in [-0.25, -0.2) is 13.6 Å². The molecule has 1 saturated carbocycles. The van der Waals surface area contributed by atoms with Crippen molar-refractivity contribution in [3.8, 4) is 0 Å². The Kier molecular flexibility index (Phi) is 4.94. The van der Waals surface area contributed by atoms with Crippen LogP contribution >= 0.6 is 0 Å². The molecule has 1 aliphatic rings. The summed E-state index contributed by atoms with van der Waals surface area (Å²) in [5, 5.41) is 8.74. The number of benzene rings is 1. The number of primary sulfonamides is 1. The summed E-state index contributed by atoms with van der Waals surface area (Å²) in [4.78, 5) is 0.164. The van der Waals surface area contributed by atoms with Gasteiger partial charge in [-0.05, 0) is 48.8 Å². The molecule has 0 heterocycles. The van der Waals surface area contributed by atoms with E-state index in [1.807, 2.05) is 6.07 Å². The van der Waals surface area contributed by atoms with Gasteiger partial charge < -0.3 is 5.32 Å².